The first-order chi connectivity index (χ1) is 19.3. The number of aryl methyl sites for hydroxylation is 2. The van der Waals surface area contributed by atoms with Gasteiger partial charge in [-0.25, -0.2) is 4.79 Å². The molecule has 3 rings (SSSR count). The van der Waals surface area contributed by atoms with E-state index in [4.69, 9.17) is 19.0 Å². The lowest BCUT2D eigenvalue weighted by Crippen LogP contribution is -2.52. The van der Waals surface area contributed by atoms with Crippen LogP contribution in [0.5, 0.6) is 11.5 Å². The third-order valence-electron chi connectivity index (χ3n) is 7.09. The summed E-state index contributed by atoms with van der Waals surface area (Å²) in [6, 6.07) is 2.21. The molecule has 2 atom stereocenters. The minimum absolute atomic E-state index is 0.0744. The third kappa shape index (κ3) is 8.45. The maximum absolute atomic E-state index is 12.6. The summed E-state index contributed by atoms with van der Waals surface area (Å²) in [6.07, 6.45) is 2.20. The van der Waals surface area contributed by atoms with Gasteiger partial charge in [-0.2, -0.15) is 0 Å². The van der Waals surface area contributed by atoms with E-state index in [1.54, 1.807) is 13.0 Å². The molecule has 0 aliphatic carbocycles. The molecule has 1 aliphatic heterocycles. The second-order valence-corrected chi connectivity index (χ2v) is 11.0. The van der Waals surface area contributed by atoms with E-state index in [0.29, 0.717) is 40.9 Å². The molecule has 0 fully saturated rings. The maximum Gasteiger partial charge on any atom is 0.336 e. The Morgan fingerprint density at radius 2 is 1.88 bits per heavy atom. The Labute approximate surface area is 238 Å². The summed E-state index contributed by atoms with van der Waals surface area (Å²) in [7, 11) is 0. The molecule has 3 amide bonds. The molecule has 2 aromatic rings. The molecule has 0 unspecified atom stereocenters. The molecular formula is C29H39N3O9. The first-order valence-electron chi connectivity index (χ1n) is 13.8. The van der Waals surface area contributed by atoms with Crippen molar-refractivity contribution in [3.8, 4) is 11.5 Å². The van der Waals surface area contributed by atoms with Gasteiger partial charge >= 0.3 is 11.6 Å². The minimum Gasteiger partial charge on any atom is -0.487 e. The number of nitrogens with one attached hydrogen (secondary N) is 3. The van der Waals surface area contributed by atoms with Crippen molar-refractivity contribution in [1.82, 2.24) is 16.0 Å². The number of carboxylic acid groups (broad SMARTS) is 1. The van der Waals surface area contributed by atoms with Gasteiger partial charge in [0.1, 0.15) is 28.7 Å². The lowest BCUT2D eigenvalue weighted by Gasteiger charge is -2.33. The predicted octanol–water partition coefficient (Wildman–Crippen LogP) is 2.21. The summed E-state index contributed by atoms with van der Waals surface area (Å²) in [6.45, 7) is 8.74. The van der Waals surface area contributed by atoms with E-state index in [-0.39, 0.29) is 31.8 Å². The standard InChI is InChI=1S/C29H39N3O9/c1-6-16(2)26(28(38)30-11-7-8-23(35)36)32-21(33)14-31-22(34)15-39-20-13-19-18(9-10-29(4,5)41-19)27-25(20)17(3)12-24(37)40-27/h12-13,16,26H,6-11,14-15H2,1-5H3,(H,30,38)(H,31,34)(H,32,33)(H,35,36)/t16-,26-/m1/s1. The summed E-state index contributed by atoms with van der Waals surface area (Å²) in [4.78, 5) is 60.5. The van der Waals surface area contributed by atoms with E-state index in [2.05, 4.69) is 16.0 Å². The SMILES string of the molecule is CC[C@@H](C)[C@@H](NC(=O)CNC(=O)COc1cc2c(c3oc(=O)cc(C)c13)CCC(C)(C)O2)C(=O)NCCCC(=O)O. The molecule has 4 N–H and O–H groups in total. The van der Waals surface area contributed by atoms with Crippen LogP contribution < -0.4 is 31.0 Å². The average Bonchev–Trinajstić information content (AvgIpc) is 2.89. The van der Waals surface area contributed by atoms with Crippen LogP contribution in [0.25, 0.3) is 11.0 Å². The predicted molar refractivity (Wildman–Crippen MR) is 150 cm³/mol. The van der Waals surface area contributed by atoms with Gasteiger partial charge in [0.25, 0.3) is 5.91 Å². The van der Waals surface area contributed by atoms with E-state index >= 15 is 0 Å². The second kappa shape index (κ2) is 13.5. The van der Waals surface area contributed by atoms with Gasteiger partial charge in [-0.05, 0) is 51.5 Å². The molecule has 0 bridgehead atoms. The minimum atomic E-state index is -0.954. The van der Waals surface area contributed by atoms with Gasteiger partial charge in [0.15, 0.2) is 6.61 Å². The van der Waals surface area contributed by atoms with E-state index in [0.717, 1.165) is 12.0 Å². The third-order valence-corrected chi connectivity index (χ3v) is 7.09. The summed E-state index contributed by atoms with van der Waals surface area (Å²) >= 11 is 0. The Hall–Kier alpha value is -4.09. The molecule has 41 heavy (non-hydrogen) atoms. The molecule has 1 aliphatic rings. The van der Waals surface area contributed by atoms with Crippen LogP contribution in [-0.2, 0) is 25.6 Å². The van der Waals surface area contributed by atoms with Crippen LogP contribution in [0.2, 0.25) is 0 Å². The molecule has 224 valence electrons. The fourth-order valence-electron chi connectivity index (χ4n) is 4.60. The van der Waals surface area contributed by atoms with E-state index in [1.165, 1.54) is 6.07 Å². The first kappa shape index (κ1) is 31.4. The number of amides is 3. The van der Waals surface area contributed by atoms with Crippen LogP contribution in [0, 0.1) is 12.8 Å². The zero-order valence-corrected chi connectivity index (χ0v) is 24.2. The highest BCUT2D eigenvalue weighted by atomic mass is 16.5. The Balaban J connectivity index is 1.62. The number of aliphatic carboxylic acids is 1. The maximum atomic E-state index is 12.6. The zero-order chi connectivity index (χ0) is 30.3. The van der Waals surface area contributed by atoms with Gasteiger partial charge in [-0.3, -0.25) is 19.2 Å². The normalized spacial score (nSPS) is 15.1. The van der Waals surface area contributed by atoms with Crippen LogP contribution in [0.3, 0.4) is 0 Å². The summed E-state index contributed by atoms with van der Waals surface area (Å²) in [5, 5.41) is 17.1. The number of rotatable bonds is 13. The molecule has 0 saturated heterocycles. The van der Waals surface area contributed by atoms with Crippen molar-refractivity contribution >= 4 is 34.7 Å². The molecule has 0 saturated carbocycles. The number of carbonyl (C=O) groups excluding carboxylic acids is 3. The molecule has 0 radical (unpaired) electrons. The Morgan fingerprint density at radius 3 is 2.56 bits per heavy atom. The fourth-order valence-corrected chi connectivity index (χ4v) is 4.60. The highest BCUT2D eigenvalue weighted by Crippen LogP contribution is 2.42. The van der Waals surface area contributed by atoms with Crippen molar-refractivity contribution < 1.29 is 38.2 Å². The number of hydrogen-bond donors (Lipinski definition) is 4. The first-order valence-corrected chi connectivity index (χ1v) is 13.8. The van der Waals surface area contributed by atoms with Crippen LogP contribution >= 0.6 is 0 Å². The number of benzene rings is 1. The Bertz CT molecular complexity index is 1370. The van der Waals surface area contributed by atoms with Crippen LogP contribution in [0.15, 0.2) is 21.3 Å². The van der Waals surface area contributed by atoms with Crippen LogP contribution in [-0.4, -0.2) is 60.1 Å². The summed E-state index contributed by atoms with van der Waals surface area (Å²) in [5.74, 6) is -1.85. The van der Waals surface area contributed by atoms with Crippen LogP contribution in [0.4, 0.5) is 0 Å². The van der Waals surface area contributed by atoms with Crippen molar-refractivity contribution in [2.75, 3.05) is 19.7 Å². The Morgan fingerprint density at radius 1 is 1.15 bits per heavy atom. The lowest BCUT2D eigenvalue weighted by atomic mass is 9.92. The number of ether oxygens (including phenoxy) is 2. The number of hydrogen-bond acceptors (Lipinski definition) is 8. The van der Waals surface area contributed by atoms with Crippen molar-refractivity contribution in [2.24, 2.45) is 5.92 Å². The highest BCUT2D eigenvalue weighted by molar-refractivity contribution is 5.92. The fraction of sp³-hybridized carbons (Fsp3) is 0.552. The number of carbonyl (C=O) groups is 4. The highest BCUT2D eigenvalue weighted by Gasteiger charge is 2.31. The van der Waals surface area contributed by atoms with Crippen molar-refractivity contribution in [3.05, 3.63) is 33.7 Å². The van der Waals surface area contributed by atoms with Gasteiger partial charge in [0.05, 0.1) is 11.9 Å². The van der Waals surface area contributed by atoms with Gasteiger partial charge in [-0.1, -0.05) is 20.3 Å². The topological polar surface area (TPSA) is 173 Å². The van der Waals surface area contributed by atoms with Crippen molar-refractivity contribution in [3.63, 3.8) is 0 Å². The molecule has 1 aromatic carbocycles. The Kier molecular flexibility index (Phi) is 10.4. The molecule has 1 aromatic heterocycles. The second-order valence-electron chi connectivity index (χ2n) is 11.0. The van der Waals surface area contributed by atoms with Gasteiger partial charge < -0.3 is 34.9 Å². The van der Waals surface area contributed by atoms with E-state index in [1.807, 2.05) is 27.7 Å². The van der Waals surface area contributed by atoms with E-state index < -0.39 is 47.6 Å². The summed E-state index contributed by atoms with van der Waals surface area (Å²) < 4.78 is 17.5. The monoisotopic (exact) mass is 573 g/mol. The van der Waals surface area contributed by atoms with E-state index in [9.17, 15) is 24.0 Å². The quantitative estimate of drug-likeness (QED) is 0.207. The van der Waals surface area contributed by atoms with Gasteiger partial charge in [-0.15, -0.1) is 0 Å². The largest absolute Gasteiger partial charge is 0.487 e. The molecule has 12 nitrogen and oxygen atoms in total. The van der Waals surface area contributed by atoms with Crippen molar-refractivity contribution in [2.45, 2.75) is 78.4 Å². The van der Waals surface area contributed by atoms with Gasteiger partial charge in [0, 0.05) is 30.7 Å². The average molecular weight is 574 g/mol. The smallest absolute Gasteiger partial charge is 0.336 e. The summed E-state index contributed by atoms with van der Waals surface area (Å²) in [5.41, 5.74) is 0.865. The molecule has 12 heteroatoms. The molecular weight excluding hydrogens is 534 g/mol. The van der Waals surface area contributed by atoms with Crippen LogP contribution in [0.1, 0.15) is 64.5 Å². The molecule has 0 spiro atoms. The van der Waals surface area contributed by atoms with Crippen molar-refractivity contribution in [1.29, 1.82) is 0 Å². The molecule has 2 heterocycles. The van der Waals surface area contributed by atoms with Gasteiger partial charge in [0.2, 0.25) is 11.8 Å². The lowest BCUT2D eigenvalue weighted by molar-refractivity contribution is -0.137. The number of carboxylic acids is 1. The zero-order valence-electron chi connectivity index (χ0n) is 24.2. The number of fused-ring (bicyclic) bond motifs is 3.